The number of aryl methyl sites for hydroxylation is 1. The lowest BCUT2D eigenvalue weighted by Crippen LogP contribution is -2.13. The van der Waals surface area contributed by atoms with Crippen LogP contribution in [0.4, 0.5) is 0 Å². The first-order valence-electron chi connectivity index (χ1n) is 5.44. The molecule has 1 aromatic carbocycles. The second-order valence-electron chi connectivity index (χ2n) is 3.68. The van der Waals surface area contributed by atoms with Crippen LogP contribution in [0, 0.1) is 0 Å². The minimum atomic E-state index is -0.310. The van der Waals surface area contributed by atoms with Crippen molar-refractivity contribution < 1.29 is 4.52 Å². The van der Waals surface area contributed by atoms with Crippen molar-refractivity contribution in [3.05, 3.63) is 47.6 Å². The van der Waals surface area contributed by atoms with Crippen molar-refractivity contribution in [2.24, 2.45) is 5.73 Å². The first kappa shape index (κ1) is 13.7. The zero-order valence-electron chi connectivity index (χ0n) is 9.67. The van der Waals surface area contributed by atoms with E-state index in [1.165, 1.54) is 0 Å². The molecule has 2 rings (SSSR count). The molecule has 0 aliphatic heterocycles. The summed E-state index contributed by atoms with van der Waals surface area (Å²) in [5, 5.41) is 3.90. The Labute approximate surface area is 107 Å². The Bertz CT molecular complexity index is 444. The van der Waals surface area contributed by atoms with Gasteiger partial charge in [-0.2, -0.15) is 4.98 Å². The predicted molar refractivity (Wildman–Crippen MR) is 68.0 cm³/mol. The van der Waals surface area contributed by atoms with Gasteiger partial charge in [-0.3, -0.25) is 0 Å². The maximum absolute atomic E-state index is 6.04. The topological polar surface area (TPSA) is 64.9 Å². The van der Waals surface area contributed by atoms with Crippen LogP contribution >= 0.6 is 12.4 Å². The van der Waals surface area contributed by atoms with Crippen molar-refractivity contribution in [3.8, 4) is 0 Å². The summed E-state index contributed by atoms with van der Waals surface area (Å²) in [5.41, 5.74) is 7.03. The minimum Gasteiger partial charge on any atom is -0.339 e. The molecule has 0 fully saturated rings. The van der Waals surface area contributed by atoms with E-state index in [1.54, 1.807) is 0 Å². The number of aromatic nitrogens is 2. The molecule has 1 heterocycles. The largest absolute Gasteiger partial charge is 0.339 e. The third-order valence-electron chi connectivity index (χ3n) is 2.38. The van der Waals surface area contributed by atoms with Crippen LogP contribution < -0.4 is 5.73 Å². The molecule has 2 aromatic rings. The molecule has 0 aliphatic rings. The summed E-state index contributed by atoms with van der Waals surface area (Å²) in [6.07, 6.45) is 1.79. The number of rotatable bonds is 4. The minimum absolute atomic E-state index is 0. The average Bonchev–Trinajstić information content (AvgIpc) is 2.78. The second-order valence-corrected chi connectivity index (χ2v) is 3.68. The van der Waals surface area contributed by atoms with Crippen molar-refractivity contribution in [2.75, 3.05) is 0 Å². The number of hydrogen-bond donors (Lipinski definition) is 1. The van der Waals surface area contributed by atoms with Gasteiger partial charge in [0.1, 0.15) is 0 Å². The number of benzene rings is 1. The molecule has 0 spiro atoms. The third-order valence-corrected chi connectivity index (χ3v) is 2.38. The summed E-state index contributed by atoms with van der Waals surface area (Å²) in [7, 11) is 0. The monoisotopic (exact) mass is 253 g/mol. The van der Waals surface area contributed by atoms with E-state index in [4.69, 9.17) is 10.3 Å². The van der Waals surface area contributed by atoms with Crippen molar-refractivity contribution >= 4 is 12.4 Å². The Morgan fingerprint density at radius 1 is 1.29 bits per heavy atom. The van der Waals surface area contributed by atoms with Gasteiger partial charge in [0.05, 0.1) is 6.04 Å². The van der Waals surface area contributed by atoms with Crippen LogP contribution in [-0.2, 0) is 6.42 Å². The standard InChI is InChI=1S/C12H15N3O.ClH/c1-2-6-10-14-12(15-16-10)11(13)9-7-4-3-5-8-9;/h3-5,7-8,11H,2,6,13H2,1H3;1H. The van der Waals surface area contributed by atoms with Crippen LogP contribution in [0.25, 0.3) is 0 Å². The number of halogens is 1. The molecule has 0 amide bonds. The van der Waals surface area contributed by atoms with Crippen LogP contribution in [0.3, 0.4) is 0 Å². The van der Waals surface area contributed by atoms with Gasteiger partial charge in [0.2, 0.25) is 5.89 Å². The van der Waals surface area contributed by atoms with Crippen molar-refractivity contribution in [1.82, 2.24) is 10.1 Å². The van der Waals surface area contributed by atoms with Gasteiger partial charge < -0.3 is 10.3 Å². The molecule has 2 N–H and O–H groups in total. The van der Waals surface area contributed by atoms with Gasteiger partial charge >= 0.3 is 0 Å². The Hall–Kier alpha value is -1.39. The smallest absolute Gasteiger partial charge is 0.226 e. The Kier molecular flexibility index (Phi) is 5.12. The summed E-state index contributed by atoms with van der Waals surface area (Å²) in [4.78, 5) is 4.27. The highest BCUT2D eigenvalue weighted by atomic mass is 35.5. The van der Waals surface area contributed by atoms with Crippen LogP contribution in [0.2, 0.25) is 0 Å². The van der Waals surface area contributed by atoms with Crippen molar-refractivity contribution in [2.45, 2.75) is 25.8 Å². The van der Waals surface area contributed by atoms with Crippen LogP contribution in [-0.4, -0.2) is 10.1 Å². The first-order chi connectivity index (χ1) is 7.81. The quantitative estimate of drug-likeness (QED) is 0.909. The Balaban J connectivity index is 0.00000144. The lowest BCUT2D eigenvalue weighted by molar-refractivity contribution is 0.370. The molecule has 4 nitrogen and oxygen atoms in total. The summed E-state index contributed by atoms with van der Waals surface area (Å²) >= 11 is 0. The summed E-state index contributed by atoms with van der Waals surface area (Å²) in [6, 6.07) is 9.45. The number of nitrogens with zero attached hydrogens (tertiary/aromatic N) is 2. The highest BCUT2D eigenvalue weighted by Gasteiger charge is 2.15. The molecule has 17 heavy (non-hydrogen) atoms. The maximum Gasteiger partial charge on any atom is 0.226 e. The maximum atomic E-state index is 6.04. The average molecular weight is 254 g/mol. The molecule has 1 aromatic heterocycles. The zero-order valence-corrected chi connectivity index (χ0v) is 10.5. The van der Waals surface area contributed by atoms with E-state index < -0.39 is 0 Å². The summed E-state index contributed by atoms with van der Waals surface area (Å²) in [5.74, 6) is 1.21. The van der Waals surface area contributed by atoms with Gasteiger partial charge in [-0.1, -0.05) is 42.4 Å². The molecule has 0 saturated heterocycles. The number of nitrogens with two attached hydrogens (primary N) is 1. The zero-order chi connectivity index (χ0) is 11.4. The van der Waals surface area contributed by atoms with Crippen molar-refractivity contribution in [1.29, 1.82) is 0 Å². The molecule has 0 radical (unpaired) electrons. The SMILES string of the molecule is CCCc1nc(C(N)c2ccccc2)no1.Cl. The van der Waals surface area contributed by atoms with E-state index in [1.807, 2.05) is 30.3 Å². The fraction of sp³-hybridized carbons (Fsp3) is 0.333. The first-order valence-corrected chi connectivity index (χ1v) is 5.44. The molecule has 0 bridgehead atoms. The summed E-state index contributed by atoms with van der Waals surface area (Å²) in [6.45, 7) is 2.07. The van der Waals surface area contributed by atoms with Crippen LogP contribution in [0.15, 0.2) is 34.9 Å². The Morgan fingerprint density at radius 2 is 2.00 bits per heavy atom. The van der Waals surface area contributed by atoms with E-state index in [0.717, 1.165) is 18.4 Å². The number of hydrogen-bond acceptors (Lipinski definition) is 4. The second kappa shape index (κ2) is 6.37. The van der Waals surface area contributed by atoms with Gasteiger partial charge in [0.25, 0.3) is 0 Å². The summed E-state index contributed by atoms with van der Waals surface area (Å²) < 4.78 is 5.11. The third kappa shape index (κ3) is 3.28. The van der Waals surface area contributed by atoms with Gasteiger partial charge in [-0.25, -0.2) is 0 Å². The van der Waals surface area contributed by atoms with E-state index in [2.05, 4.69) is 17.1 Å². The lowest BCUT2D eigenvalue weighted by atomic mass is 10.1. The van der Waals surface area contributed by atoms with E-state index in [-0.39, 0.29) is 18.4 Å². The fourth-order valence-electron chi connectivity index (χ4n) is 1.52. The molecule has 0 aliphatic carbocycles. The normalized spacial score (nSPS) is 11.9. The van der Waals surface area contributed by atoms with Gasteiger partial charge in [-0.15, -0.1) is 12.4 Å². The molecular formula is C12H16ClN3O. The lowest BCUT2D eigenvalue weighted by Gasteiger charge is -2.05. The highest BCUT2D eigenvalue weighted by Crippen LogP contribution is 2.16. The van der Waals surface area contributed by atoms with Crippen LogP contribution in [0.1, 0.15) is 36.7 Å². The molecule has 5 heteroatoms. The predicted octanol–water partition coefficient (Wildman–Crippen LogP) is 2.49. The Morgan fingerprint density at radius 3 is 2.65 bits per heavy atom. The van der Waals surface area contributed by atoms with Gasteiger partial charge in [-0.05, 0) is 12.0 Å². The molecule has 1 unspecified atom stereocenters. The van der Waals surface area contributed by atoms with Crippen molar-refractivity contribution in [3.63, 3.8) is 0 Å². The molecule has 0 saturated carbocycles. The van der Waals surface area contributed by atoms with E-state index in [9.17, 15) is 0 Å². The molecular weight excluding hydrogens is 238 g/mol. The molecule has 92 valence electrons. The molecule has 1 atom stereocenters. The van der Waals surface area contributed by atoms with Crippen LogP contribution in [0.5, 0.6) is 0 Å². The fourth-order valence-corrected chi connectivity index (χ4v) is 1.52. The van der Waals surface area contributed by atoms with E-state index >= 15 is 0 Å². The van der Waals surface area contributed by atoms with Gasteiger partial charge in [0, 0.05) is 6.42 Å². The highest BCUT2D eigenvalue weighted by molar-refractivity contribution is 5.85. The van der Waals surface area contributed by atoms with E-state index in [0.29, 0.717) is 11.7 Å². The van der Waals surface area contributed by atoms with Gasteiger partial charge in [0.15, 0.2) is 5.82 Å².